The minimum atomic E-state index is -3.13. The van der Waals surface area contributed by atoms with E-state index in [0.717, 1.165) is 6.92 Å². The topological polar surface area (TPSA) is 185 Å². The van der Waals surface area contributed by atoms with E-state index in [2.05, 4.69) is 15.3 Å². The summed E-state index contributed by atoms with van der Waals surface area (Å²) < 4.78 is 47.2. The molecule has 0 spiro atoms. The van der Waals surface area contributed by atoms with Crippen LogP contribution in [0.5, 0.6) is 0 Å². The number of azide groups is 1. The van der Waals surface area contributed by atoms with Crippen molar-refractivity contribution in [1.82, 2.24) is 15.1 Å². The van der Waals surface area contributed by atoms with Gasteiger partial charge in [-0.25, -0.2) is 14.0 Å². The molecule has 0 radical (unpaired) electrons. The van der Waals surface area contributed by atoms with Crippen LogP contribution in [0, 0.1) is 11.8 Å². The second-order valence-corrected chi connectivity index (χ2v) is 15.5. The number of carbonyl (C=O) groups excluding carboxylic acids is 3. The number of hydrogen-bond donors (Lipinski definition) is 2. The molecule has 15 nitrogen and oxygen atoms in total. The Hall–Kier alpha value is -2.59. The first-order valence-corrected chi connectivity index (χ1v) is 18.2. The summed E-state index contributed by atoms with van der Waals surface area (Å²) in [6, 6.07) is -1.35. The van der Waals surface area contributed by atoms with Crippen molar-refractivity contribution < 1.29 is 47.6 Å². The van der Waals surface area contributed by atoms with Crippen molar-refractivity contribution in [2.75, 3.05) is 40.8 Å². The van der Waals surface area contributed by atoms with Crippen LogP contribution in [0.1, 0.15) is 87.5 Å². The number of hydrogen-bond acceptors (Lipinski definition) is 12. The molecule has 3 fully saturated rings. The normalized spacial score (nSPS) is 41.6. The lowest BCUT2D eigenvalue weighted by atomic mass is 9.78. The van der Waals surface area contributed by atoms with Crippen molar-refractivity contribution in [3.63, 3.8) is 0 Å². The van der Waals surface area contributed by atoms with Gasteiger partial charge in [0.25, 0.3) is 5.67 Å². The molecule has 3 aliphatic heterocycles. The molecule has 0 aromatic carbocycles. The van der Waals surface area contributed by atoms with E-state index in [9.17, 15) is 19.5 Å². The van der Waals surface area contributed by atoms with E-state index < -0.39 is 77.3 Å². The number of ketones is 1. The first kappa shape index (κ1) is 42.8. The van der Waals surface area contributed by atoms with Crippen LogP contribution >= 0.6 is 0 Å². The lowest BCUT2D eigenvalue weighted by Crippen LogP contribution is -2.61. The number of ether oxygens (including phenoxy) is 5. The summed E-state index contributed by atoms with van der Waals surface area (Å²) in [5.74, 6) is -3.87. The number of halogens is 1. The number of fused-ring (bicyclic) bond motifs is 1. The third-order valence-electron chi connectivity index (χ3n) is 11.0. The van der Waals surface area contributed by atoms with Crippen molar-refractivity contribution in [2.24, 2.45) is 17.0 Å². The van der Waals surface area contributed by atoms with E-state index in [1.165, 1.54) is 14.0 Å². The lowest BCUT2D eigenvalue weighted by Gasteiger charge is -2.47. The van der Waals surface area contributed by atoms with Gasteiger partial charge in [0.05, 0.1) is 23.9 Å². The summed E-state index contributed by atoms with van der Waals surface area (Å²) in [6.07, 6.45) is -3.32. The summed E-state index contributed by atoms with van der Waals surface area (Å²) in [4.78, 5) is 47.6. The maximum atomic E-state index is 16.8. The van der Waals surface area contributed by atoms with E-state index >= 15 is 4.39 Å². The van der Waals surface area contributed by atoms with Gasteiger partial charge in [0.15, 0.2) is 17.7 Å². The number of aliphatic hydroxyl groups excluding tert-OH is 1. The number of rotatable bonds is 10. The second-order valence-electron chi connectivity index (χ2n) is 15.5. The van der Waals surface area contributed by atoms with Gasteiger partial charge in [-0.2, -0.15) is 0 Å². The molecule has 16 heteroatoms. The van der Waals surface area contributed by atoms with Crippen molar-refractivity contribution in [1.29, 1.82) is 0 Å². The predicted octanol–water partition coefficient (Wildman–Crippen LogP) is 4.15. The summed E-state index contributed by atoms with van der Waals surface area (Å²) in [5, 5.41) is 18.5. The molecule has 3 rings (SSSR count). The number of amides is 1. The largest absolute Gasteiger partial charge is 0.455 e. The molecule has 1 unspecified atom stereocenters. The zero-order valence-corrected chi connectivity index (χ0v) is 32.3. The Balaban J connectivity index is 2.07. The standard InChI is InChI=1S/C35H61FN6O9/c1-12-25-35(8)27(42(32(46)51-35)16-14-13-15-39-40-37)23(5)38-19-20(2)18-33(6,47-11)29(22(4)28(44)34(7,36)31(45)49-25)50-30-26(43)24(41(9)10)17-21(3)48-30/h20-27,29-30,38,43H,12-19H2,1-11H3/t20-,21-,22+,23-,24?,25-,26-,27-,29-,30+,33-,34-,35-/m1/s1. The molecule has 0 saturated carbocycles. The number of cyclic esters (lactones) is 1. The molecule has 51 heavy (non-hydrogen) atoms. The highest BCUT2D eigenvalue weighted by Crippen LogP contribution is 2.41. The molecule has 3 aliphatic rings. The highest BCUT2D eigenvalue weighted by molar-refractivity contribution is 6.07. The molecule has 292 valence electrons. The van der Waals surface area contributed by atoms with Crippen LogP contribution in [-0.2, 0) is 33.3 Å². The van der Waals surface area contributed by atoms with Crippen molar-refractivity contribution in [2.45, 2.75) is 153 Å². The molecular formula is C35H61FN6O9. The maximum Gasteiger partial charge on any atom is 0.410 e. The predicted molar refractivity (Wildman–Crippen MR) is 186 cm³/mol. The quantitative estimate of drug-likeness (QED) is 0.0823. The smallest absolute Gasteiger partial charge is 0.410 e. The second kappa shape index (κ2) is 17.5. The summed E-state index contributed by atoms with van der Waals surface area (Å²) in [6.45, 7) is 14.3. The Kier molecular flexibility index (Phi) is 14.7. The number of nitrogens with zero attached hydrogens (tertiary/aromatic N) is 5. The Bertz CT molecular complexity index is 1270. The molecule has 2 N–H and O–H groups in total. The van der Waals surface area contributed by atoms with Crippen LogP contribution in [-0.4, -0.2) is 139 Å². The number of nitrogens with one attached hydrogen (secondary N) is 1. The average molecular weight is 729 g/mol. The fourth-order valence-electron chi connectivity index (χ4n) is 8.17. The number of alkyl halides is 1. The molecule has 0 aliphatic carbocycles. The van der Waals surface area contributed by atoms with E-state index in [1.807, 2.05) is 39.8 Å². The molecule has 13 atom stereocenters. The zero-order valence-electron chi connectivity index (χ0n) is 32.3. The fraction of sp³-hybridized carbons (Fsp3) is 0.914. The Morgan fingerprint density at radius 1 is 1.16 bits per heavy atom. The van der Waals surface area contributed by atoms with E-state index in [1.54, 1.807) is 25.7 Å². The lowest BCUT2D eigenvalue weighted by molar-refractivity contribution is -0.295. The molecule has 0 aromatic rings. The third-order valence-corrected chi connectivity index (χ3v) is 11.0. The zero-order chi connectivity index (χ0) is 38.5. The van der Waals surface area contributed by atoms with Crippen LogP contribution in [0.15, 0.2) is 5.11 Å². The summed E-state index contributed by atoms with van der Waals surface area (Å²) in [7, 11) is 5.17. The first-order valence-electron chi connectivity index (χ1n) is 18.2. The fourth-order valence-corrected chi connectivity index (χ4v) is 8.17. The van der Waals surface area contributed by atoms with Crippen LogP contribution in [0.2, 0.25) is 0 Å². The van der Waals surface area contributed by atoms with Gasteiger partial charge in [0.1, 0.15) is 12.2 Å². The molecule has 0 aromatic heterocycles. The van der Waals surface area contributed by atoms with Crippen molar-refractivity contribution >= 4 is 17.8 Å². The van der Waals surface area contributed by atoms with Gasteiger partial charge in [0.2, 0.25) is 0 Å². The molecular weight excluding hydrogens is 667 g/mol. The van der Waals surface area contributed by atoms with Crippen LogP contribution in [0.25, 0.3) is 10.4 Å². The number of likely N-dealkylation sites (N-methyl/N-ethyl adjacent to an activating group) is 1. The molecule has 3 saturated heterocycles. The van der Waals surface area contributed by atoms with Crippen molar-refractivity contribution in [3.05, 3.63) is 10.4 Å². The van der Waals surface area contributed by atoms with Gasteiger partial charge in [0, 0.05) is 43.1 Å². The van der Waals surface area contributed by atoms with Crippen LogP contribution < -0.4 is 5.32 Å². The van der Waals surface area contributed by atoms with Crippen LogP contribution in [0.4, 0.5) is 9.18 Å². The Labute approximate surface area is 301 Å². The Morgan fingerprint density at radius 2 is 1.82 bits per heavy atom. The third kappa shape index (κ3) is 9.32. The van der Waals surface area contributed by atoms with E-state index in [0.29, 0.717) is 32.2 Å². The van der Waals surface area contributed by atoms with Gasteiger partial charge < -0.3 is 39.0 Å². The summed E-state index contributed by atoms with van der Waals surface area (Å²) in [5.41, 5.74) is 2.89. The van der Waals surface area contributed by atoms with Crippen LogP contribution in [0.3, 0.4) is 0 Å². The number of carbonyl (C=O) groups is 3. The number of aliphatic hydroxyl groups is 1. The number of esters is 1. The molecule has 0 bridgehead atoms. The summed E-state index contributed by atoms with van der Waals surface area (Å²) >= 11 is 0. The van der Waals surface area contributed by atoms with Gasteiger partial charge >= 0.3 is 12.1 Å². The van der Waals surface area contributed by atoms with Crippen molar-refractivity contribution in [3.8, 4) is 0 Å². The van der Waals surface area contributed by atoms with Gasteiger partial charge in [-0.05, 0) is 98.8 Å². The van der Waals surface area contributed by atoms with Gasteiger partial charge in [-0.15, -0.1) is 0 Å². The minimum absolute atomic E-state index is 0.111. The van der Waals surface area contributed by atoms with E-state index in [-0.39, 0.29) is 37.6 Å². The molecule has 1 amide bonds. The average Bonchev–Trinajstić information content (AvgIpc) is 3.33. The van der Waals surface area contributed by atoms with Gasteiger partial charge in [-0.1, -0.05) is 25.9 Å². The number of methoxy groups -OCH3 is 1. The first-order chi connectivity index (χ1) is 23.8. The highest BCUT2D eigenvalue weighted by Gasteiger charge is 2.60. The number of unbranched alkanes of at least 4 members (excludes halogenated alkanes) is 1. The molecule has 3 heterocycles. The SMILES string of the molecule is CC[C@H]1OC(=O)[C@](C)(F)C(=O)[C@H](C)[C@@H](O[C@@H]2O[C@H](C)CC(N(C)C)[C@H]2O)[C@](C)(OC)C[C@@H](C)CN[C@H](C)[C@H]2N(CCCCN=[N+]=[N-])C(=O)O[C@]12C. The minimum Gasteiger partial charge on any atom is -0.455 e. The van der Waals surface area contributed by atoms with Gasteiger partial charge in [-0.3, -0.25) is 9.69 Å². The Morgan fingerprint density at radius 3 is 2.41 bits per heavy atom. The number of Topliss-reactive ketones (excluding diaryl/α,β-unsaturated/α-hetero) is 1. The monoisotopic (exact) mass is 728 g/mol. The van der Waals surface area contributed by atoms with E-state index in [4.69, 9.17) is 29.2 Å². The maximum absolute atomic E-state index is 16.8. The highest BCUT2D eigenvalue weighted by atomic mass is 19.1.